The van der Waals surface area contributed by atoms with Crippen molar-refractivity contribution in [1.82, 2.24) is 0 Å². The molecule has 0 unspecified atom stereocenters. The van der Waals surface area contributed by atoms with E-state index in [1.54, 1.807) is 25.3 Å². The predicted octanol–water partition coefficient (Wildman–Crippen LogP) is 3.89. The van der Waals surface area contributed by atoms with Gasteiger partial charge in [-0.05, 0) is 37.6 Å². The van der Waals surface area contributed by atoms with Crippen LogP contribution in [0, 0.1) is 0 Å². The first-order chi connectivity index (χ1) is 11.7. The lowest BCUT2D eigenvalue weighted by molar-refractivity contribution is -0.122. The largest absolute Gasteiger partial charge is 0.497 e. The summed E-state index contributed by atoms with van der Waals surface area (Å²) in [5, 5.41) is 2.88. The minimum Gasteiger partial charge on any atom is -0.497 e. The average Bonchev–Trinajstić information content (AvgIpc) is 2.61. The van der Waals surface area contributed by atoms with Gasteiger partial charge in [-0.3, -0.25) is 4.79 Å². The summed E-state index contributed by atoms with van der Waals surface area (Å²) < 4.78 is 16.5. The van der Waals surface area contributed by atoms with Crippen LogP contribution in [0.15, 0.2) is 48.5 Å². The summed E-state index contributed by atoms with van der Waals surface area (Å²) >= 11 is 0. The molecule has 0 aliphatic carbocycles. The monoisotopic (exact) mass is 329 g/mol. The third-order valence-corrected chi connectivity index (χ3v) is 3.43. The number of ether oxygens (including phenoxy) is 3. The lowest BCUT2D eigenvalue weighted by Crippen LogP contribution is -2.32. The van der Waals surface area contributed by atoms with E-state index in [4.69, 9.17) is 14.2 Å². The van der Waals surface area contributed by atoms with Crippen molar-refractivity contribution in [3.8, 4) is 17.2 Å². The first kappa shape index (κ1) is 17.7. The van der Waals surface area contributed by atoms with Crippen LogP contribution < -0.4 is 19.5 Å². The number of nitrogens with one attached hydrogen (secondary N) is 1. The number of carbonyl (C=O) groups excluding carboxylic acids is 1. The van der Waals surface area contributed by atoms with E-state index in [1.807, 2.05) is 44.2 Å². The number of hydrogen-bond donors (Lipinski definition) is 1. The Balaban J connectivity index is 2.08. The third kappa shape index (κ3) is 4.65. The van der Waals surface area contributed by atoms with Gasteiger partial charge in [0, 0.05) is 6.07 Å². The van der Waals surface area contributed by atoms with Gasteiger partial charge in [-0.25, -0.2) is 0 Å². The van der Waals surface area contributed by atoms with Gasteiger partial charge in [0.05, 0.1) is 19.4 Å². The Morgan fingerprint density at radius 3 is 2.54 bits per heavy atom. The van der Waals surface area contributed by atoms with Crippen LogP contribution in [0.1, 0.15) is 20.3 Å². The summed E-state index contributed by atoms with van der Waals surface area (Å²) in [5.41, 5.74) is 0.636. The molecule has 0 aliphatic heterocycles. The van der Waals surface area contributed by atoms with Crippen molar-refractivity contribution in [3.05, 3.63) is 48.5 Å². The van der Waals surface area contributed by atoms with Crippen LogP contribution in [0.25, 0.3) is 0 Å². The molecule has 128 valence electrons. The molecule has 2 aromatic carbocycles. The molecule has 0 aromatic heterocycles. The maximum absolute atomic E-state index is 12.5. The van der Waals surface area contributed by atoms with Crippen molar-refractivity contribution in [2.75, 3.05) is 19.0 Å². The highest BCUT2D eigenvalue weighted by atomic mass is 16.5. The molecule has 0 spiro atoms. The molecule has 24 heavy (non-hydrogen) atoms. The van der Waals surface area contributed by atoms with Gasteiger partial charge >= 0.3 is 0 Å². The molecule has 5 heteroatoms. The quantitative estimate of drug-likeness (QED) is 0.798. The Morgan fingerprint density at radius 1 is 1.08 bits per heavy atom. The molecule has 0 aliphatic rings. The van der Waals surface area contributed by atoms with Gasteiger partial charge in [-0.2, -0.15) is 0 Å². The number of methoxy groups -OCH3 is 1. The maximum atomic E-state index is 12.5. The van der Waals surface area contributed by atoms with Gasteiger partial charge in [0.15, 0.2) is 6.10 Å². The van der Waals surface area contributed by atoms with Crippen molar-refractivity contribution in [2.45, 2.75) is 26.4 Å². The highest BCUT2D eigenvalue weighted by Gasteiger charge is 2.20. The van der Waals surface area contributed by atoms with Gasteiger partial charge in [-0.15, -0.1) is 0 Å². The van der Waals surface area contributed by atoms with Crippen LogP contribution in [-0.2, 0) is 4.79 Å². The van der Waals surface area contributed by atoms with Crippen molar-refractivity contribution in [1.29, 1.82) is 0 Å². The topological polar surface area (TPSA) is 56.8 Å². The Morgan fingerprint density at radius 2 is 1.83 bits per heavy atom. The molecule has 0 radical (unpaired) electrons. The van der Waals surface area contributed by atoms with Crippen molar-refractivity contribution in [3.63, 3.8) is 0 Å². The Bertz CT molecular complexity index is 672. The van der Waals surface area contributed by atoms with Gasteiger partial charge in [0.1, 0.15) is 17.2 Å². The van der Waals surface area contributed by atoms with Gasteiger partial charge in [0.25, 0.3) is 5.91 Å². The Hall–Kier alpha value is -2.69. The molecule has 1 N–H and O–H groups in total. The normalized spacial score (nSPS) is 11.5. The molecule has 1 atom stereocenters. The van der Waals surface area contributed by atoms with Gasteiger partial charge < -0.3 is 19.5 Å². The van der Waals surface area contributed by atoms with Gasteiger partial charge in [-0.1, -0.05) is 25.1 Å². The standard InChI is InChI=1S/C19H23NO4/c1-4-17(24-15-10-8-9-14(13-15)22-3)19(21)20-16-11-6-7-12-18(16)23-5-2/h6-13,17H,4-5H2,1-3H3,(H,20,21)/t17-/m1/s1. The summed E-state index contributed by atoms with van der Waals surface area (Å²) in [4.78, 5) is 12.5. The molecule has 0 saturated carbocycles. The Labute approximate surface area is 142 Å². The van der Waals surface area contributed by atoms with Crippen LogP contribution in [0.2, 0.25) is 0 Å². The predicted molar refractivity (Wildman–Crippen MR) is 93.9 cm³/mol. The summed E-state index contributed by atoms with van der Waals surface area (Å²) in [5.74, 6) is 1.70. The second-order valence-corrected chi connectivity index (χ2v) is 5.11. The molecular formula is C19H23NO4. The van der Waals surface area contributed by atoms with Crippen LogP contribution in [-0.4, -0.2) is 25.7 Å². The van der Waals surface area contributed by atoms with E-state index in [9.17, 15) is 4.79 Å². The first-order valence-electron chi connectivity index (χ1n) is 8.01. The zero-order valence-electron chi connectivity index (χ0n) is 14.2. The number of benzene rings is 2. The number of amides is 1. The number of carbonyl (C=O) groups is 1. The van der Waals surface area contributed by atoms with E-state index >= 15 is 0 Å². The van der Waals surface area contributed by atoms with E-state index in [-0.39, 0.29) is 5.91 Å². The fourth-order valence-corrected chi connectivity index (χ4v) is 2.23. The summed E-state index contributed by atoms with van der Waals surface area (Å²) in [6, 6.07) is 14.5. The van der Waals surface area contributed by atoms with Gasteiger partial charge in [0.2, 0.25) is 0 Å². The molecule has 2 rings (SSSR count). The second-order valence-electron chi connectivity index (χ2n) is 5.11. The van der Waals surface area contributed by atoms with Crippen LogP contribution in [0.5, 0.6) is 17.2 Å². The van der Waals surface area contributed by atoms with Crippen LogP contribution >= 0.6 is 0 Å². The van der Waals surface area contributed by atoms with Crippen LogP contribution in [0.3, 0.4) is 0 Å². The van der Waals surface area contributed by atoms with E-state index < -0.39 is 6.10 Å². The minimum absolute atomic E-state index is 0.215. The molecule has 1 amide bonds. The second kappa shape index (κ2) is 8.82. The van der Waals surface area contributed by atoms with Crippen molar-refractivity contribution < 1.29 is 19.0 Å². The highest BCUT2D eigenvalue weighted by Crippen LogP contribution is 2.25. The number of hydrogen-bond acceptors (Lipinski definition) is 4. The zero-order chi connectivity index (χ0) is 17.4. The summed E-state index contributed by atoms with van der Waals surface area (Å²) in [7, 11) is 1.59. The summed E-state index contributed by atoms with van der Waals surface area (Å²) in [6.45, 7) is 4.34. The molecule has 5 nitrogen and oxygen atoms in total. The lowest BCUT2D eigenvalue weighted by atomic mass is 10.2. The minimum atomic E-state index is -0.605. The fraction of sp³-hybridized carbons (Fsp3) is 0.316. The first-order valence-corrected chi connectivity index (χ1v) is 8.01. The maximum Gasteiger partial charge on any atom is 0.265 e. The smallest absolute Gasteiger partial charge is 0.265 e. The van der Waals surface area contributed by atoms with Crippen molar-refractivity contribution >= 4 is 11.6 Å². The molecule has 0 heterocycles. The number of rotatable bonds is 8. The molecule has 0 saturated heterocycles. The van der Waals surface area contributed by atoms with E-state index in [0.29, 0.717) is 36.0 Å². The molecule has 0 bridgehead atoms. The number of para-hydroxylation sites is 2. The zero-order valence-corrected chi connectivity index (χ0v) is 14.2. The molecule has 2 aromatic rings. The highest BCUT2D eigenvalue weighted by molar-refractivity contribution is 5.95. The van der Waals surface area contributed by atoms with Crippen molar-refractivity contribution in [2.24, 2.45) is 0 Å². The number of anilines is 1. The van der Waals surface area contributed by atoms with E-state index in [1.165, 1.54) is 0 Å². The Kier molecular flexibility index (Phi) is 6.49. The average molecular weight is 329 g/mol. The fourth-order valence-electron chi connectivity index (χ4n) is 2.23. The third-order valence-electron chi connectivity index (χ3n) is 3.43. The van der Waals surface area contributed by atoms with Crippen LogP contribution in [0.4, 0.5) is 5.69 Å². The van der Waals surface area contributed by atoms with E-state index in [0.717, 1.165) is 0 Å². The molecular weight excluding hydrogens is 306 g/mol. The SMILES string of the molecule is CCOc1ccccc1NC(=O)[C@@H](CC)Oc1cccc(OC)c1. The van der Waals surface area contributed by atoms with E-state index in [2.05, 4.69) is 5.32 Å². The lowest BCUT2D eigenvalue weighted by Gasteiger charge is -2.18. The summed E-state index contributed by atoms with van der Waals surface area (Å²) in [6.07, 6.45) is -0.0633. The molecule has 0 fully saturated rings.